The van der Waals surface area contributed by atoms with Crippen LogP contribution in [-0.2, 0) is 9.59 Å². The standard InChI is InChI=1S/C16H21N3O6/c1-25-14-6-5-11(19(23)24)9-12(14)17-15(20)10-13(16(21)22)18-7-3-2-4-8-18/h5-6,9,13H,2-4,7-8,10H2,1H3,(H,17,20)(H,21,22)/t13-/m0/s1. The summed E-state index contributed by atoms with van der Waals surface area (Å²) in [5.74, 6) is -1.56. The first-order valence-electron chi connectivity index (χ1n) is 8.10. The van der Waals surface area contributed by atoms with Gasteiger partial charge in [0, 0.05) is 12.1 Å². The van der Waals surface area contributed by atoms with E-state index in [1.807, 2.05) is 0 Å². The number of carbonyl (C=O) groups excluding carboxylic acids is 2. The number of nitrogens with zero attached hydrogens (tertiary/aromatic N) is 1. The highest BCUT2D eigenvalue weighted by molar-refractivity contribution is 5.95. The molecule has 0 spiro atoms. The van der Waals surface area contributed by atoms with Gasteiger partial charge in [-0.3, -0.25) is 14.9 Å². The first kappa shape index (κ1) is 18.7. The summed E-state index contributed by atoms with van der Waals surface area (Å²) in [5.41, 5.74) is -0.0679. The summed E-state index contributed by atoms with van der Waals surface area (Å²) in [6.07, 6.45) is 2.63. The highest BCUT2D eigenvalue weighted by Crippen LogP contribution is 2.28. The van der Waals surface area contributed by atoms with Crippen molar-refractivity contribution in [2.45, 2.75) is 31.7 Å². The Kier molecular flexibility index (Phi) is 6.29. The number of quaternary nitrogens is 1. The van der Waals surface area contributed by atoms with Crippen molar-refractivity contribution in [3.63, 3.8) is 0 Å². The van der Waals surface area contributed by atoms with Crippen molar-refractivity contribution in [1.29, 1.82) is 0 Å². The van der Waals surface area contributed by atoms with E-state index in [1.165, 1.54) is 25.3 Å². The Morgan fingerprint density at radius 1 is 1.32 bits per heavy atom. The lowest BCUT2D eigenvalue weighted by atomic mass is 10.1. The molecule has 1 fully saturated rings. The lowest BCUT2D eigenvalue weighted by Gasteiger charge is -2.31. The number of nitrogens with one attached hydrogen (secondary N) is 2. The van der Waals surface area contributed by atoms with Crippen LogP contribution in [0.3, 0.4) is 0 Å². The number of nitro benzene ring substituents is 1. The number of non-ortho nitro benzene ring substituents is 1. The van der Waals surface area contributed by atoms with Gasteiger partial charge < -0.3 is 24.9 Å². The number of rotatable bonds is 7. The average Bonchev–Trinajstić information content (AvgIpc) is 2.60. The molecule has 0 saturated carbocycles. The summed E-state index contributed by atoms with van der Waals surface area (Å²) in [6, 6.07) is 2.87. The van der Waals surface area contributed by atoms with Gasteiger partial charge in [-0.05, 0) is 25.3 Å². The fraction of sp³-hybridized carbons (Fsp3) is 0.500. The molecule has 1 atom stereocenters. The smallest absolute Gasteiger partial charge is 0.271 e. The molecule has 0 aliphatic carbocycles. The number of piperidine rings is 1. The minimum atomic E-state index is -1.27. The molecular weight excluding hydrogens is 330 g/mol. The Morgan fingerprint density at radius 2 is 2.00 bits per heavy atom. The minimum Gasteiger partial charge on any atom is -0.544 e. The van der Waals surface area contributed by atoms with E-state index in [-0.39, 0.29) is 23.5 Å². The molecule has 1 saturated heterocycles. The number of carboxylic acids is 1. The van der Waals surface area contributed by atoms with E-state index in [1.54, 1.807) is 0 Å². The number of amides is 1. The third-order valence-corrected chi connectivity index (χ3v) is 4.33. The van der Waals surface area contributed by atoms with Gasteiger partial charge in [0.15, 0.2) is 0 Å². The van der Waals surface area contributed by atoms with Crippen LogP contribution in [0.2, 0.25) is 0 Å². The van der Waals surface area contributed by atoms with Crippen LogP contribution in [0.15, 0.2) is 18.2 Å². The second kappa shape index (κ2) is 8.43. The molecule has 136 valence electrons. The maximum absolute atomic E-state index is 12.3. The monoisotopic (exact) mass is 351 g/mol. The predicted octanol–water partition coefficient (Wildman–Crippen LogP) is -0.881. The second-order valence-corrected chi connectivity index (χ2v) is 5.98. The Bertz CT molecular complexity index is 657. The van der Waals surface area contributed by atoms with Crippen LogP contribution in [-0.4, -0.2) is 43.0 Å². The topological polar surface area (TPSA) is 126 Å². The summed E-state index contributed by atoms with van der Waals surface area (Å²) in [6.45, 7) is 1.37. The zero-order chi connectivity index (χ0) is 18.4. The number of nitro groups is 1. The van der Waals surface area contributed by atoms with Crippen LogP contribution >= 0.6 is 0 Å². The Labute approximate surface area is 144 Å². The number of hydrogen-bond acceptors (Lipinski definition) is 6. The normalized spacial score (nSPS) is 16.0. The Hall–Kier alpha value is -2.68. The number of ether oxygens (including phenoxy) is 1. The molecule has 1 amide bonds. The van der Waals surface area contributed by atoms with E-state index in [2.05, 4.69) is 5.32 Å². The van der Waals surface area contributed by atoms with Crippen LogP contribution in [0.4, 0.5) is 11.4 Å². The Morgan fingerprint density at radius 3 is 2.56 bits per heavy atom. The zero-order valence-corrected chi connectivity index (χ0v) is 13.9. The van der Waals surface area contributed by atoms with Crippen LogP contribution in [0, 0.1) is 10.1 Å². The van der Waals surface area contributed by atoms with Crippen molar-refractivity contribution in [3.05, 3.63) is 28.3 Å². The number of methoxy groups -OCH3 is 1. The largest absolute Gasteiger partial charge is 0.544 e. The van der Waals surface area contributed by atoms with Gasteiger partial charge in [-0.25, -0.2) is 0 Å². The first-order valence-corrected chi connectivity index (χ1v) is 8.10. The van der Waals surface area contributed by atoms with Crippen molar-refractivity contribution in [1.82, 2.24) is 0 Å². The number of aliphatic carboxylic acids is 1. The average molecular weight is 351 g/mol. The second-order valence-electron chi connectivity index (χ2n) is 5.98. The lowest BCUT2D eigenvalue weighted by molar-refractivity contribution is -0.922. The number of carboxylic acid groups (broad SMARTS) is 1. The molecule has 0 radical (unpaired) electrons. The van der Waals surface area contributed by atoms with Gasteiger partial charge in [-0.15, -0.1) is 0 Å². The molecule has 9 nitrogen and oxygen atoms in total. The molecule has 0 unspecified atom stereocenters. The van der Waals surface area contributed by atoms with E-state index in [0.717, 1.165) is 24.2 Å². The molecule has 1 aromatic rings. The number of benzene rings is 1. The van der Waals surface area contributed by atoms with Gasteiger partial charge in [0.05, 0.1) is 43.2 Å². The zero-order valence-electron chi connectivity index (χ0n) is 13.9. The van der Waals surface area contributed by atoms with Crippen LogP contribution in [0.25, 0.3) is 0 Å². The number of anilines is 1. The molecule has 2 N–H and O–H groups in total. The van der Waals surface area contributed by atoms with E-state index in [0.29, 0.717) is 13.1 Å². The third kappa shape index (κ3) is 4.90. The molecule has 25 heavy (non-hydrogen) atoms. The van der Waals surface area contributed by atoms with E-state index in [4.69, 9.17) is 4.74 Å². The molecule has 2 rings (SSSR count). The van der Waals surface area contributed by atoms with Crippen molar-refractivity contribution >= 4 is 23.3 Å². The fourth-order valence-electron chi connectivity index (χ4n) is 3.04. The molecule has 1 heterocycles. The third-order valence-electron chi connectivity index (χ3n) is 4.33. The maximum Gasteiger partial charge on any atom is 0.271 e. The number of hydrogen-bond donors (Lipinski definition) is 2. The first-order chi connectivity index (χ1) is 11.9. The van der Waals surface area contributed by atoms with Crippen LogP contribution in [0.5, 0.6) is 5.75 Å². The predicted molar refractivity (Wildman–Crippen MR) is 86.2 cm³/mol. The quantitative estimate of drug-likeness (QED) is 0.485. The highest BCUT2D eigenvalue weighted by atomic mass is 16.6. The molecule has 1 aliphatic heterocycles. The summed E-state index contributed by atoms with van der Waals surface area (Å²) < 4.78 is 5.08. The minimum absolute atomic E-state index is 0.132. The van der Waals surface area contributed by atoms with E-state index in [9.17, 15) is 24.8 Å². The SMILES string of the molecule is COc1ccc([N+](=O)[O-])cc1NC(=O)C[C@@H](C(=O)[O-])[NH+]1CCCCC1. The van der Waals surface area contributed by atoms with Crippen LogP contribution < -0.4 is 20.1 Å². The molecular formula is C16H21N3O6. The molecule has 9 heteroatoms. The number of likely N-dealkylation sites (tertiary alicyclic amines) is 1. The highest BCUT2D eigenvalue weighted by Gasteiger charge is 2.28. The molecule has 0 aromatic heterocycles. The molecule has 1 aliphatic rings. The Balaban J connectivity index is 2.10. The van der Waals surface area contributed by atoms with E-state index >= 15 is 0 Å². The van der Waals surface area contributed by atoms with Gasteiger partial charge in [0.25, 0.3) is 5.69 Å². The summed E-state index contributed by atoms with van der Waals surface area (Å²) >= 11 is 0. The van der Waals surface area contributed by atoms with Crippen molar-refractivity contribution in [3.8, 4) is 5.75 Å². The number of carbonyl (C=O) groups is 2. The van der Waals surface area contributed by atoms with Gasteiger partial charge in [0.1, 0.15) is 11.8 Å². The molecule has 1 aromatic carbocycles. The fourth-order valence-corrected chi connectivity index (χ4v) is 3.04. The van der Waals surface area contributed by atoms with E-state index < -0.39 is 22.8 Å². The van der Waals surface area contributed by atoms with Gasteiger partial charge in [-0.2, -0.15) is 0 Å². The van der Waals surface area contributed by atoms with Crippen molar-refractivity contribution in [2.75, 3.05) is 25.5 Å². The van der Waals surface area contributed by atoms with Gasteiger partial charge in [0.2, 0.25) is 5.91 Å². The summed E-state index contributed by atoms with van der Waals surface area (Å²) in [5, 5.41) is 24.8. The lowest BCUT2D eigenvalue weighted by Crippen LogP contribution is -3.18. The van der Waals surface area contributed by atoms with Gasteiger partial charge >= 0.3 is 0 Å². The van der Waals surface area contributed by atoms with Crippen LogP contribution in [0.1, 0.15) is 25.7 Å². The van der Waals surface area contributed by atoms with Crippen molar-refractivity contribution < 1.29 is 29.3 Å². The maximum atomic E-state index is 12.3. The molecule has 0 bridgehead atoms. The van der Waals surface area contributed by atoms with Gasteiger partial charge in [-0.1, -0.05) is 0 Å². The summed E-state index contributed by atoms with van der Waals surface area (Å²) in [4.78, 5) is 34.8. The summed E-state index contributed by atoms with van der Waals surface area (Å²) in [7, 11) is 1.37. The van der Waals surface area contributed by atoms with Crippen molar-refractivity contribution in [2.24, 2.45) is 0 Å².